The van der Waals surface area contributed by atoms with Gasteiger partial charge >= 0.3 is 5.63 Å². The molecule has 0 N–H and O–H groups in total. The Kier molecular flexibility index (Phi) is 5.79. The molecule has 0 bridgehead atoms. The number of halogens is 2. The van der Waals surface area contributed by atoms with Gasteiger partial charge in [0.25, 0.3) is 0 Å². The highest BCUT2D eigenvalue weighted by molar-refractivity contribution is 9.10. The molecule has 0 amide bonds. The lowest BCUT2D eigenvalue weighted by Gasteiger charge is -2.18. The SMILES string of the molecule is CC(=O)C[C@H](Cc1c(C#N)c(=O)oc2ccc(Cl)cc12)c1ccc(Br)cc1. The van der Waals surface area contributed by atoms with Gasteiger partial charge < -0.3 is 9.21 Å². The second-order valence-electron chi connectivity index (χ2n) is 6.35. The van der Waals surface area contributed by atoms with Gasteiger partial charge in [-0.2, -0.15) is 5.26 Å². The molecule has 3 rings (SSSR count). The molecule has 136 valence electrons. The molecule has 0 saturated heterocycles. The van der Waals surface area contributed by atoms with Gasteiger partial charge in [-0.05, 0) is 60.7 Å². The molecule has 6 heteroatoms. The largest absolute Gasteiger partial charge is 0.422 e. The summed E-state index contributed by atoms with van der Waals surface area (Å²) in [5.41, 5.74) is 1.16. The molecule has 0 unspecified atom stereocenters. The average molecular weight is 445 g/mol. The summed E-state index contributed by atoms with van der Waals surface area (Å²) < 4.78 is 6.19. The molecule has 1 atom stereocenters. The van der Waals surface area contributed by atoms with Crippen LogP contribution in [0.4, 0.5) is 0 Å². The molecule has 1 aromatic heterocycles. The minimum absolute atomic E-state index is 0.0340. The Hall–Kier alpha value is -2.42. The molecular weight excluding hydrogens is 430 g/mol. The molecule has 0 radical (unpaired) electrons. The monoisotopic (exact) mass is 443 g/mol. The summed E-state index contributed by atoms with van der Waals surface area (Å²) in [7, 11) is 0. The summed E-state index contributed by atoms with van der Waals surface area (Å²) in [6, 6.07) is 14.6. The van der Waals surface area contributed by atoms with Crippen LogP contribution in [0.25, 0.3) is 11.0 Å². The summed E-state index contributed by atoms with van der Waals surface area (Å²) in [5, 5.41) is 10.6. The first kappa shape index (κ1) is 19.3. The van der Waals surface area contributed by atoms with Gasteiger partial charge in [0, 0.05) is 21.3 Å². The van der Waals surface area contributed by atoms with Crippen molar-refractivity contribution >= 4 is 44.3 Å². The molecule has 0 aliphatic rings. The number of benzene rings is 2. The van der Waals surface area contributed by atoms with Crippen molar-refractivity contribution < 1.29 is 9.21 Å². The average Bonchev–Trinajstić information content (AvgIpc) is 2.62. The van der Waals surface area contributed by atoms with E-state index in [-0.39, 0.29) is 17.3 Å². The Labute approximate surface area is 169 Å². The second-order valence-corrected chi connectivity index (χ2v) is 7.71. The van der Waals surface area contributed by atoms with E-state index in [9.17, 15) is 14.9 Å². The van der Waals surface area contributed by atoms with E-state index in [1.165, 1.54) is 6.92 Å². The molecule has 4 nitrogen and oxygen atoms in total. The van der Waals surface area contributed by atoms with Crippen molar-refractivity contribution in [1.82, 2.24) is 0 Å². The van der Waals surface area contributed by atoms with Gasteiger partial charge in [0.05, 0.1) is 0 Å². The van der Waals surface area contributed by atoms with Gasteiger partial charge in [0.1, 0.15) is 23.0 Å². The fourth-order valence-electron chi connectivity index (χ4n) is 3.20. The van der Waals surface area contributed by atoms with Gasteiger partial charge in [0.15, 0.2) is 0 Å². The molecule has 3 aromatic rings. The molecule has 0 fully saturated rings. The predicted octanol–water partition coefficient (Wildman–Crippen LogP) is 5.39. The van der Waals surface area contributed by atoms with Gasteiger partial charge in [-0.25, -0.2) is 4.79 Å². The molecule has 27 heavy (non-hydrogen) atoms. The second kappa shape index (κ2) is 8.08. The van der Waals surface area contributed by atoms with Crippen LogP contribution in [-0.4, -0.2) is 5.78 Å². The number of rotatable bonds is 5. The van der Waals surface area contributed by atoms with Crippen molar-refractivity contribution in [2.24, 2.45) is 0 Å². The Bertz CT molecular complexity index is 1110. The molecular formula is C21H15BrClNO3. The fourth-order valence-corrected chi connectivity index (χ4v) is 3.63. The van der Waals surface area contributed by atoms with Crippen LogP contribution in [0.1, 0.15) is 36.0 Å². The fraction of sp³-hybridized carbons (Fsp3) is 0.190. The third-order valence-corrected chi connectivity index (χ3v) is 5.18. The van der Waals surface area contributed by atoms with Gasteiger partial charge in [-0.15, -0.1) is 0 Å². The molecule has 1 heterocycles. The van der Waals surface area contributed by atoms with Gasteiger partial charge in [-0.3, -0.25) is 0 Å². The Morgan fingerprint density at radius 1 is 1.26 bits per heavy atom. The van der Waals surface area contributed by atoms with Crippen molar-refractivity contribution in [3.05, 3.63) is 79.1 Å². The Morgan fingerprint density at radius 2 is 1.96 bits per heavy atom. The van der Waals surface area contributed by atoms with Gasteiger partial charge in [0.2, 0.25) is 0 Å². The van der Waals surface area contributed by atoms with Crippen molar-refractivity contribution in [3.8, 4) is 6.07 Å². The number of fused-ring (bicyclic) bond motifs is 1. The highest BCUT2D eigenvalue weighted by atomic mass is 79.9. The number of nitrogens with zero attached hydrogens (tertiary/aromatic N) is 1. The van der Waals surface area contributed by atoms with Crippen molar-refractivity contribution in [2.45, 2.75) is 25.7 Å². The Morgan fingerprint density at radius 3 is 2.59 bits per heavy atom. The summed E-state index contributed by atoms with van der Waals surface area (Å²) >= 11 is 9.53. The minimum atomic E-state index is -0.681. The maximum Gasteiger partial charge on any atom is 0.354 e. The number of ketones is 1. The number of carbonyl (C=O) groups excluding carboxylic acids is 1. The highest BCUT2D eigenvalue weighted by Crippen LogP contribution is 2.31. The van der Waals surface area contributed by atoms with E-state index >= 15 is 0 Å². The number of carbonyl (C=O) groups is 1. The quantitative estimate of drug-likeness (QED) is 0.495. The lowest BCUT2D eigenvalue weighted by Crippen LogP contribution is -2.14. The highest BCUT2D eigenvalue weighted by Gasteiger charge is 2.21. The zero-order valence-corrected chi connectivity index (χ0v) is 16.8. The third-order valence-electron chi connectivity index (χ3n) is 4.41. The first-order valence-corrected chi connectivity index (χ1v) is 9.46. The zero-order valence-electron chi connectivity index (χ0n) is 14.5. The van der Waals surface area contributed by atoms with Crippen LogP contribution < -0.4 is 5.63 Å². The summed E-state index contributed by atoms with van der Waals surface area (Å²) in [6.45, 7) is 1.53. The summed E-state index contributed by atoms with van der Waals surface area (Å²) in [6.07, 6.45) is 0.654. The first-order chi connectivity index (χ1) is 12.9. The molecule has 0 saturated carbocycles. The van der Waals surface area contributed by atoms with Crippen molar-refractivity contribution in [2.75, 3.05) is 0 Å². The van der Waals surface area contributed by atoms with E-state index in [0.29, 0.717) is 34.4 Å². The van der Waals surface area contributed by atoms with Crippen LogP contribution >= 0.6 is 27.5 Å². The van der Waals surface area contributed by atoms with Crippen molar-refractivity contribution in [3.63, 3.8) is 0 Å². The standard InChI is InChI=1S/C21H15BrClNO3/c1-12(25)8-14(13-2-4-15(22)5-3-13)9-17-18-10-16(23)6-7-20(18)27-21(26)19(17)11-24/h2-7,10,14H,8-9H2,1H3/t14-/m1/s1. The lowest BCUT2D eigenvalue weighted by molar-refractivity contribution is -0.117. The van der Waals surface area contributed by atoms with Crippen LogP contribution in [0.2, 0.25) is 5.02 Å². The van der Waals surface area contributed by atoms with E-state index in [2.05, 4.69) is 15.9 Å². The van der Waals surface area contributed by atoms with Crippen molar-refractivity contribution in [1.29, 1.82) is 5.26 Å². The van der Waals surface area contributed by atoms with Crippen LogP contribution in [0.5, 0.6) is 0 Å². The van der Waals surface area contributed by atoms with E-state index in [4.69, 9.17) is 16.0 Å². The first-order valence-electron chi connectivity index (χ1n) is 8.29. The zero-order chi connectivity index (χ0) is 19.6. The van der Waals surface area contributed by atoms with E-state index in [0.717, 1.165) is 10.0 Å². The smallest absolute Gasteiger partial charge is 0.354 e. The number of hydrogen-bond acceptors (Lipinski definition) is 4. The maximum absolute atomic E-state index is 12.3. The molecule has 2 aromatic carbocycles. The number of nitriles is 1. The minimum Gasteiger partial charge on any atom is -0.422 e. The van der Waals surface area contributed by atoms with Crippen LogP contribution in [0, 0.1) is 11.3 Å². The van der Waals surface area contributed by atoms with Crippen LogP contribution in [0.15, 0.2) is 56.1 Å². The number of hydrogen-bond donors (Lipinski definition) is 0. The van der Waals surface area contributed by atoms with Crippen LogP contribution in [0.3, 0.4) is 0 Å². The molecule has 0 aliphatic heterocycles. The molecule has 0 spiro atoms. The lowest BCUT2D eigenvalue weighted by atomic mass is 9.86. The van der Waals surface area contributed by atoms with E-state index < -0.39 is 5.63 Å². The van der Waals surface area contributed by atoms with E-state index in [1.807, 2.05) is 30.3 Å². The van der Waals surface area contributed by atoms with Crippen LogP contribution in [-0.2, 0) is 11.2 Å². The topological polar surface area (TPSA) is 71.1 Å². The number of Topliss-reactive ketones (excluding diaryl/α,β-unsaturated/α-hetero) is 1. The maximum atomic E-state index is 12.3. The molecule has 0 aliphatic carbocycles. The third kappa shape index (κ3) is 4.29. The summed E-state index contributed by atoms with van der Waals surface area (Å²) in [4.78, 5) is 24.1. The normalized spacial score (nSPS) is 11.9. The van der Waals surface area contributed by atoms with E-state index in [1.54, 1.807) is 18.2 Å². The Balaban J connectivity index is 2.18. The predicted molar refractivity (Wildman–Crippen MR) is 108 cm³/mol. The van der Waals surface area contributed by atoms with Gasteiger partial charge in [-0.1, -0.05) is 39.7 Å². The summed E-state index contributed by atoms with van der Waals surface area (Å²) in [5.74, 6) is -0.140.